The number of hydrogen-bond acceptors (Lipinski definition) is 5. The lowest BCUT2D eigenvalue weighted by Crippen LogP contribution is -2.18. The van der Waals surface area contributed by atoms with Crippen LogP contribution in [0.15, 0.2) is 79.0 Å². The molecular weight excluding hydrogens is 354 g/mol. The fraction of sp³-hybridized carbons (Fsp3) is 0.0455. The second-order valence-electron chi connectivity index (χ2n) is 6.20. The van der Waals surface area contributed by atoms with Gasteiger partial charge in [0.1, 0.15) is 12.4 Å². The number of nitrogens with one attached hydrogen (secondary N) is 1. The Morgan fingerprint density at radius 3 is 2.64 bits per heavy atom. The first-order valence-electron chi connectivity index (χ1n) is 8.71. The van der Waals surface area contributed by atoms with Crippen molar-refractivity contribution in [2.45, 2.75) is 6.61 Å². The number of ether oxygens (including phenoxy) is 1. The first-order chi connectivity index (χ1) is 13.7. The zero-order chi connectivity index (χ0) is 19.3. The van der Waals surface area contributed by atoms with Crippen LogP contribution in [-0.2, 0) is 6.61 Å². The molecule has 0 radical (unpaired) electrons. The number of hydroxylamine groups is 1. The van der Waals surface area contributed by atoms with Crippen molar-refractivity contribution in [1.82, 2.24) is 15.4 Å². The second-order valence-corrected chi connectivity index (χ2v) is 6.20. The lowest BCUT2D eigenvalue weighted by atomic mass is 10.1. The van der Waals surface area contributed by atoms with Gasteiger partial charge in [-0.3, -0.25) is 15.0 Å². The largest absolute Gasteiger partial charge is 0.489 e. The van der Waals surface area contributed by atoms with E-state index in [1.807, 2.05) is 54.6 Å². The Morgan fingerprint density at radius 2 is 1.82 bits per heavy atom. The van der Waals surface area contributed by atoms with Gasteiger partial charge in [0.25, 0.3) is 5.91 Å². The lowest BCUT2D eigenvalue weighted by Gasteiger charge is -2.09. The third-order valence-corrected chi connectivity index (χ3v) is 4.28. The summed E-state index contributed by atoms with van der Waals surface area (Å²) in [4.78, 5) is 20.6. The molecule has 0 bridgehead atoms. The van der Waals surface area contributed by atoms with Crippen molar-refractivity contribution in [3.8, 4) is 17.0 Å². The Labute approximate surface area is 161 Å². The fourth-order valence-corrected chi connectivity index (χ4v) is 2.84. The molecule has 2 N–H and O–H groups in total. The molecule has 6 nitrogen and oxygen atoms in total. The predicted molar refractivity (Wildman–Crippen MR) is 105 cm³/mol. The average molecular weight is 371 g/mol. The molecule has 0 aliphatic rings. The summed E-state index contributed by atoms with van der Waals surface area (Å²) in [5, 5.41) is 8.81. The van der Waals surface area contributed by atoms with E-state index in [9.17, 15) is 4.79 Å². The van der Waals surface area contributed by atoms with Crippen LogP contribution in [0.1, 0.15) is 15.9 Å². The molecule has 0 spiro atoms. The number of aromatic nitrogens is 2. The van der Waals surface area contributed by atoms with Crippen LogP contribution in [0.4, 0.5) is 0 Å². The van der Waals surface area contributed by atoms with E-state index in [1.165, 1.54) is 0 Å². The third kappa shape index (κ3) is 3.82. The molecule has 1 amide bonds. The van der Waals surface area contributed by atoms with E-state index in [2.05, 4.69) is 9.97 Å². The Balaban J connectivity index is 1.61. The van der Waals surface area contributed by atoms with Crippen molar-refractivity contribution in [2.75, 3.05) is 0 Å². The zero-order valence-electron chi connectivity index (χ0n) is 14.9. The van der Waals surface area contributed by atoms with Gasteiger partial charge in [-0.2, -0.15) is 0 Å². The number of amides is 1. The van der Waals surface area contributed by atoms with Crippen molar-refractivity contribution >= 4 is 16.9 Å². The number of benzene rings is 3. The van der Waals surface area contributed by atoms with Crippen LogP contribution in [0.2, 0.25) is 0 Å². The Bertz CT molecular complexity index is 1130. The van der Waals surface area contributed by atoms with E-state index in [-0.39, 0.29) is 0 Å². The SMILES string of the molecule is O=C(NO)c1ccc2ncc(-c3cccc(OCc4ccccc4)c3)nc2c1. The van der Waals surface area contributed by atoms with Crippen LogP contribution in [0.3, 0.4) is 0 Å². The maximum atomic E-state index is 11.6. The van der Waals surface area contributed by atoms with Gasteiger partial charge < -0.3 is 4.74 Å². The highest BCUT2D eigenvalue weighted by Crippen LogP contribution is 2.24. The molecule has 4 aromatic rings. The zero-order valence-corrected chi connectivity index (χ0v) is 14.9. The van der Waals surface area contributed by atoms with Crippen LogP contribution < -0.4 is 10.2 Å². The summed E-state index contributed by atoms with van der Waals surface area (Å²) in [6.45, 7) is 0.479. The van der Waals surface area contributed by atoms with Gasteiger partial charge in [-0.1, -0.05) is 42.5 Å². The van der Waals surface area contributed by atoms with Crippen LogP contribution in [0.5, 0.6) is 5.75 Å². The van der Waals surface area contributed by atoms with E-state index in [4.69, 9.17) is 9.94 Å². The third-order valence-electron chi connectivity index (χ3n) is 4.28. The number of fused-ring (bicyclic) bond motifs is 1. The highest BCUT2D eigenvalue weighted by atomic mass is 16.5. The minimum Gasteiger partial charge on any atom is -0.489 e. The molecule has 0 saturated heterocycles. The van der Waals surface area contributed by atoms with Gasteiger partial charge in [-0.25, -0.2) is 10.5 Å². The Hall–Kier alpha value is -3.77. The molecule has 0 saturated carbocycles. The number of rotatable bonds is 5. The summed E-state index contributed by atoms with van der Waals surface area (Å²) in [5.41, 5.74) is 5.77. The van der Waals surface area contributed by atoms with Gasteiger partial charge in [0.15, 0.2) is 0 Å². The molecule has 0 aliphatic heterocycles. The maximum absolute atomic E-state index is 11.6. The topological polar surface area (TPSA) is 84.3 Å². The van der Waals surface area contributed by atoms with Crippen molar-refractivity contribution in [3.63, 3.8) is 0 Å². The van der Waals surface area contributed by atoms with Crippen LogP contribution in [-0.4, -0.2) is 21.1 Å². The number of carbonyl (C=O) groups is 1. The first kappa shape index (κ1) is 17.6. The molecule has 6 heteroatoms. The van der Waals surface area contributed by atoms with Crippen LogP contribution >= 0.6 is 0 Å². The van der Waals surface area contributed by atoms with Gasteiger partial charge in [0.2, 0.25) is 0 Å². The quantitative estimate of drug-likeness (QED) is 0.409. The molecule has 0 aliphatic carbocycles. The van der Waals surface area contributed by atoms with E-state index in [0.717, 1.165) is 16.9 Å². The molecule has 0 atom stereocenters. The molecule has 4 rings (SSSR count). The first-order valence-corrected chi connectivity index (χ1v) is 8.71. The molecule has 3 aromatic carbocycles. The number of nitrogens with zero attached hydrogens (tertiary/aromatic N) is 2. The minimum atomic E-state index is -0.592. The monoisotopic (exact) mass is 371 g/mol. The van der Waals surface area contributed by atoms with Gasteiger partial charge in [-0.05, 0) is 35.9 Å². The summed E-state index contributed by atoms with van der Waals surface area (Å²) in [5.74, 6) is 0.141. The van der Waals surface area contributed by atoms with Gasteiger partial charge >= 0.3 is 0 Å². The van der Waals surface area contributed by atoms with E-state index >= 15 is 0 Å². The summed E-state index contributed by atoms with van der Waals surface area (Å²) < 4.78 is 5.88. The molecule has 1 heterocycles. The molecule has 28 heavy (non-hydrogen) atoms. The van der Waals surface area contributed by atoms with Crippen molar-refractivity contribution in [3.05, 3.63) is 90.1 Å². The normalized spacial score (nSPS) is 10.6. The Morgan fingerprint density at radius 1 is 0.964 bits per heavy atom. The molecule has 0 unspecified atom stereocenters. The van der Waals surface area contributed by atoms with Gasteiger partial charge in [0, 0.05) is 11.1 Å². The summed E-state index contributed by atoms with van der Waals surface area (Å²) >= 11 is 0. The summed E-state index contributed by atoms with van der Waals surface area (Å²) in [7, 11) is 0. The maximum Gasteiger partial charge on any atom is 0.274 e. The second kappa shape index (κ2) is 7.85. The summed E-state index contributed by atoms with van der Waals surface area (Å²) in [6, 6.07) is 22.4. The van der Waals surface area contributed by atoms with Crippen molar-refractivity contribution < 1.29 is 14.7 Å². The van der Waals surface area contributed by atoms with E-state index in [1.54, 1.807) is 29.9 Å². The standard InChI is InChI=1S/C22H17N3O3/c26-22(25-27)17-9-10-19-20(12-17)24-21(13-23-19)16-7-4-8-18(11-16)28-14-15-5-2-1-3-6-15/h1-13,27H,14H2,(H,25,26). The minimum absolute atomic E-state index is 0.307. The van der Waals surface area contributed by atoms with Crippen LogP contribution in [0, 0.1) is 0 Å². The van der Waals surface area contributed by atoms with Gasteiger partial charge in [0.05, 0.1) is 22.9 Å². The van der Waals surface area contributed by atoms with Crippen molar-refractivity contribution in [1.29, 1.82) is 0 Å². The summed E-state index contributed by atoms with van der Waals surface area (Å²) in [6.07, 6.45) is 1.68. The highest BCUT2D eigenvalue weighted by molar-refractivity contribution is 5.96. The van der Waals surface area contributed by atoms with Crippen molar-refractivity contribution in [2.24, 2.45) is 0 Å². The van der Waals surface area contributed by atoms with Crippen LogP contribution in [0.25, 0.3) is 22.3 Å². The molecular formula is C22H17N3O3. The predicted octanol–water partition coefficient (Wildman–Crippen LogP) is 3.99. The number of carbonyl (C=O) groups excluding carboxylic acids is 1. The van der Waals surface area contributed by atoms with E-state index < -0.39 is 5.91 Å². The van der Waals surface area contributed by atoms with Gasteiger partial charge in [-0.15, -0.1) is 0 Å². The molecule has 1 aromatic heterocycles. The van der Waals surface area contributed by atoms with E-state index in [0.29, 0.717) is 28.9 Å². The average Bonchev–Trinajstić information content (AvgIpc) is 2.77. The highest BCUT2D eigenvalue weighted by Gasteiger charge is 2.09. The lowest BCUT2D eigenvalue weighted by molar-refractivity contribution is 0.0706. The molecule has 138 valence electrons. The Kier molecular flexibility index (Phi) is 4.95. The smallest absolute Gasteiger partial charge is 0.274 e. The number of hydrogen-bond donors (Lipinski definition) is 2. The fourth-order valence-electron chi connectivity index (χ4n) is 2.84. The molecule has 0 fully saturated rings.